The van der Waals surface area contributed by atoms with Crippen molar-refractivity contribution in [1.82, 2.24) is 0 Å². The van der Waals surface area contributed by atoms with Gasteiger partial charge in [-0.3, -0.25) is 14.4 Å². The fourth-order valence-electron chi connectivity index (χ4n) is 3.42. The summed E-state index contributed by atoms with van der Waals surface area (Å²) in [6.45, 7) is 13.0. The highest BCUT2D eigenvalue weighted by Crippen LogP contribution is 2.35. The van der Waals surface area contributed by atoms with Crippen LogP contribution in [0.1, 0.15) is 79.2 Å². The van der Waals surface area contributed by atoms with Crippen molar-refractivity contribution in [3.63, 3.8) is 0 Å². The molecular weight excluding hydrogens is 482 g/mol. The second-order valence-corrected chi connectivity index (χ2v) is 10.4. The zero-order valence-corrected chi connectivity index (χ0v) is 22.8. The average Bonchev–Trinajstić information content (AvgIpc) is 2.75. The molecule has 0 saturated carbocycles. The summed E-state index contributed by atoms with van der Waals surface area (Å²) in [5, 5.41) is 9.61. The molecule has 3 atom stereocenters. The van der Waals surface area contributed by atoms with Crippen molar-refractivity contribution in [3.05, 3.63) is 23.8 Å². The van der Waals surface area contributed by atoms with Gasteiger partial charge in [-0.15, -0.1) is 0 Å². The van der Waals surface area contributed by atoms with Gasteiger partial charge in [0.2, 0.25) is 0 Å². The van der Waals surface area contributed by atoms with E-state index in [0.29, 0.717) is 5.56 Å². The van der Waals surface area contributed by atoms with Crippen LogP contribution in [0.4, 0.5) is 4.79 Å². The van der Waals surface area contributed by atoms with Gasteiger partial charge in [0.15, 0.2) is 11.5 Å². The lowest BCUT2D eigenvalue weighted by Gasteiger charge is -2.25. The third-order valence-electron chi connectivity index (χ3n) is 5.13. The molecule has 0 bridgehead atoms. The molecule has 1 aromatic rings. The molecule has 2 unspecified atom stereocenters. The zero-order valence-electron chi connectivity index (χ0n) is 22.8. The summed E-state index contributed by atoms with van der Waals surface area (Å²) in [5.74, 6) is -2.88. The lowest BCUT2D eigenvalue weighted by molar-refractivity contribution is -0.139. The maximum Gasteiger partial charge on any atom is 0.508 e. The Bertz CT molecular complexity index is 926. The highest BCUT2D eigenvalue weighted by Gasteiger charge is 2.30. The summed E-state index contributed by atoms with van der Waals surface area (Å²) in [6, 6.07) is 3.07. The van der Waals surface area contributed by atoms with E-state index in [1.165, 1.54) is 12.1 Å². The van der Waals surface area contributed by atoms with Crippen LogP contribution in [-0.4, -0.2) is 47.9 Å². The maximum absolute atomic E-state index is 12.4. The van der Waals surface area contributed by atoms with Crippen LogP contribution in [0, 0.1) is 17.8 Å². The molecule has 0 fully saturated rings. The molecule has 3 N–H and O–H groups in total. The SMILES string of the molecule is CC(C)COC(=O)OC(C)CC(c1ccc(OC(=O)CC(C)C)c(OC(=O)CC(C)C)c1)[C@H](N)C(=O)O. The number of carbonyl (C=O) groups is 4. The number of esters is 2. The number of carbonyl (C=O) groups excluding carboxylic acids is 3. The molecule has 0 aliphatic heterocycles. The summed E-state index contributed by atoms with van der Waals surface area (Å²) in [5.41, 5.74) is 6.41. The fraction of sp³-hybridized carbons (Fsp3) is 0.630. The van der Waals surface area contributed by atoms with Gasteiger partial charge in [-0.1, -0.05) is 47.6 Å². The summed E-state index contributed by atoms with van der Waals surface area (Å²) in [4.78, 5) is 48.4. The van der Waals surface area contributed by atoms with Crippen LogP contribution in [0.25, 0.3) is 0 Å². The molecule has 0 heterocycles. The van der Waals surface area contributed by atoms with Crippen molar-refractivity contribution in [1.29, 1.82) is 0 Å². The van der Waals surface area contributed by atoms with Crippen LogP contribution >= 0.6 is 0 Å². The number of hydrogen-bond acceptors (Lipinski definition) is 9. The number of hydrogen-bond donors (Lipinski definition) is 2. The highest BCUT2D eigenvalue weighted by molar-refractivity contribution is 5.77. The second-order valence-electron chi connectivity index (χ2n) is 10.4. The van der Waals surface area contributed by atoms with Gasteiger partial charge in [0.05, 0.1) is 6.61 Å². The number of ether oxygens (including phenoxy) is 4. The third kappa shape index (κ3) is 12.1. The predicted octanol–water partition coefficient (Wildman–Crippen LogP) is 4.67. The van der Waals surface area contributed by atoms with Gasteiger partial charge in [0.25, 0.3) is 0 Å². The molecule has 10 heteroatoms. The van der Waals surface area contributed by atoms with E-state index in [1.807, 2.05) is 41.5 Å². The van der Waals surface area contributed by atoms with Crippen molar-refractivity contribution >= 4 is 24.1 Å². The van der Waals surface area contributed by atoms with E-state index in [2.05, 4.69) is 0 Å². The Morgan fingerprint density at radius 2 is 1.38 bits per heavy atom. The third-order valence-corrected chi connectivity index (χ3v) is 5.13. The Hall–Kier alpha value is -3.14. The summed E-state index contributed by atoms with van der Waals surface area (Å²) < 4.78 is 21.2. The van der Waals surface area contributed by atoms with Crippen molar-refractivity contribution in [3.8, 4) is 11.5 Å². The molecule has 0 saturated heterocycles. The molecule has 0 spiro atoms. The van der Waals surface area contributed by atoms with Crippen molar-refractivity contribution in [2.45, 2.75) is 85.8 Å². The lowest BCUT2D eigenvalue weighted by Crippen LogP contribution is -2.38. The molecule has 10 nitrogen and oxygen atoms in total. The first kappa shape index (κ1) is 31.9. The van der Waals surface area contributed by atoms with Gasteiger partial charge in [0, 0.05) is 18.8 Å². The van der Waals surface area contributed by atoms with Crippen LogP contribution in [0.15, 0.2) is 18.2 Å². The number of aliphatic carboxylic acids is 1. The van der Waals surface area contributed by atoms with Crippen molar-refractivity contribution in [2.75, 3.05) is 6.61 Å². The lowest BCUT2D eigenvalue weighted by atomic mass is 9.87. The molecule has 208 valence electrons. The number of carboxylic acid groups (broad SMARTS) is 1. The minimum absolute atomic E-state index is 0.0206. The Morgan fingerprint density at radius 1 is 0.838 bits per heavy atom. The quantitative estimate of drug-likeness (QED) is 0.260. The zero-order chi connectivity index (χ0) is 28.3. The van der Waals surface area contributed by atoms with Crippen LogP contribution < -0.4 is 15.2 Å². The molecular formula is C27H41NO9. The first-order chi connectivity index (χ1) is 17.2. The minimum atomic E-state index is -1.36. The van der Waals surface area contributed by atoms with Crippen LogP contribution in [0.2, 0.25) is 0 Å². The smallest absolute Gasteiger partial charge is 0.480 e. The number of nitrogens with two attached hydrogens (primary N) is 1. The molecule has 0 aromatic heterocycles. The number of benzene rings is 1. The number of rotatable bonds is 14. The summed E-state index contributed by atoms with van der Waals surface area (Å²) in [7, 11) is 0. The molecule has 1 rings (SSSR count). The Kier molecular flexibility index (Phi) is 13.1. The van der Waals surface area contributed by atoms with Gasteiger partial charge >= 0.3 is 24.1 Å². The van der Waals surface area contributed by atoms with E-state index in [0.717, 1.165) is 0 Å². The normalized spacial score (nSPS) is 13.7. The van der Waals surface area contributed by atoms with Gasteiger partial charge in [-0.05, 0) is 48.8 Å². The van der Waals surface area contributed by atoms with Gasteiger partial charge < -0.3 is 29.8 Å². The van der Waals surface area contributed by atoms with E-state index in [1.54, 1.807) is 13.0 Å². The highest BCUT2D eigenvalue weighted by atomic mass is 16.7. The fourth-order valence-corrected chi connectivity index (χ4v) is 3.42. The molecule has 37 heavy (non-hydrogen) atoms. The largest absolute Gasteiger partial charge is 0.508 e. The maximum atomic E-state index is 12.4. The van der Waals surface area contributed by atoms with E-state index in [-0.39, 0.29) is 55.1 Å². The molecule has 1 aromatic carbocycles. The molecule has 0 aliphatic carbocycles. The standard InChI is InChI=1S/C27H41NO9/c1-15(2)10-23(29)36-21-9-8-19(13-22(21)37-24(30)11-16(3)4)20(25(28)26(31)32)12-18(7)35-27(33)34-14-17(5)6/h8-9,13,15-18,20,25H,10-12,14,28H2,1-7H3,(H,31,32)/t18?,20?,25-/m0/s1. The topological polar surface area (TPSA) is 151 Å². The number of carboxylic acids is 1. The van der Waals surface area contributed by atoms with Crippen molar-refractivity contribution in [2.24, 2.45) is 23.5 Å². The first-order valence-electron chi connectivity index (χ1n) is 12.6. The Balaban J connectivity index is 3.28. The first-order valence-corrected chi connectivity index (χ1v) is 12.6. The van der Waals surface area contributed by atoms with Crippen molar-refractivity contribution < 1.29 is 43.2 Å². The van der Waals surface area contributed by atoms with Crippen LogP contribution in [0.5, 0.6) is 11.5 Å². The van der Waals surface area contributed by atoms with Crippen LogP contribution in [0.3, 0.4) is 0 Å². The Labute approximate surface area is 218 Å². The van der Waals surface area contributed by atoms with E-state index < -0.39 is 42.1 Å². The summed E-state index contributed by atoms with van der Waals surface area (Å²) in [6.07, 6.45) is -1.25. The van der Waals surface area contributed by atoms with Gasteiger partial charge in [-0.25, -0.2) is 4.79 Å². The van der Waals surface area contributed by atoms with Gasteiger partial charge in [-0.2, -0.15) is 0 Å². The second kappa shape index (κ2) is 15.2. The molecule has 0 amide bonds. The summed E-state index contributed by atoms with van der Waals surface area (Å²) >= 11 is 0. The van der Waals surface area contributed by atoms with E-state index >= 15 is 0 Å². The molecule has 0 radical (unpaired) electrons. The average molecular weight is 524 g/mol. The predicted molar refractivity (Wildman–Crippen MR) is 136 cm³/mol. The minimum Gasteiger partial charge on any atom is -0.480 e. The monoisotopic (exact) mass is 523 g/mol. The van der Waals surface area contributed by atoms with E-state index in [9.17, 15) is 24.3 Å². The molecule has 0 aliphatic rings. The Morgan fingerprint density at radius 3 is 1.86 bits per heavy atom. The van der Waals surface area contributed by atoms with E-state index in [4.69, 9.17) is 24.7 Å². The van der Waals surface area contributed by atoms with Crippen LogP contribution in [-0.2, 0) is 23.9 Å². The van der Waals surface area contributed by atoms with Gasteiger partial charge in [0.1, 0.15) is 12.1 Å².